The third-order valence-corrected chi connectivity index (χ3v) is 6.15. The molecule has 2 amide bonds. The van der Waals surface area contributed by atoms with E-state index in [0.717, 1.165) is 0 Å². The number of anilines is 1. The summed E-state index contributed by atoms with van der Waals surface area (Å²) in [5.41, 5.74) is 5.64. The number of likely N-dealkylation sites (tertiary alicyclic amines) is 1. The van der Waals surface area contributed by atoms with Crippen molar-refractivity contribution in [2.45, 2.75) is 18.5 Å². The van der Waals surface area contributed by atoms with Crippen molar-refractivity contribution in [3.63, 3.8) is 0 Å². The highest BCUT2D eigenvalue weighted by molar-refractivity contribution is 6.00. The average molecular weight is 498 g/mol. The number of aromatic nitrogens is 4. The van der Waals surface area contributed by atoms with Crippen LogP contribution in [0.1, 0.15) is 34.1 Å². The third kappa shape index (κ3) is 4.18. The van der Waals surface area contributed by atoms with Crippen LogP contribution in [0.3, 0.4) is 0 Å². The molecule has 0 bridgehead atoms. The summed E-state index contributed by atoms with van der Waals surface area (Å²) in [5.74, 6) is 2.27. The molecule has 3 heterocycles. The van der Waals surface area contributed by atoms with E-state index in [2.05, 4.69) is 33.8 Å². The summed E-state index contributed by atoms with van der Waals surface area (Å²) in [7, 11) is 4.69. The lowest BCUT2D eigenvalue weighted by molar-refractivity contribution is -0.127. The number of nitrogens with one attached hydrogen (secondary N) is 1. The van der Waals surface area contributed by atoms with Gasteiger partial charge in [-0.2, -0.15) is 5.10 Å². The smallest absolute Gasteiger partial charge is 0.255 e. The number of benzene rings is 1. The van der Waals surface area contributed by atoms with Crippen molar-refractivity contribution < 1.29 is 23.1 Å². The predicted molar refractivity (Wildman–Crippen MR) is 128 cm³/mol. The molecular weight excluding hydrogens is 472 g/mol. The Labute approximate surface area is 205 Å². The van der Waals surface area contributed by atoms with E-state index < -0.39 is 17.5 Å². The minimum Gasteiger partial charge on any atom is -0.383 e. The maximum atomic E-state index is 14.7. The number of aryl methyl sites for hydroxylation is 1. The standard InChI is InChI=1S/C24H25F2N7O3/c1-5-18(34)32-10-14(9-15(32)11-36-4)33-24(28-2)19(23(27)35)16(30-33)7-6-13-8-17-22(21(26)20(13)25)31(3)12-29-17/h5,8,12,14-15,28H,1,9-11H2,2-4H3,(H2,27,35)/t14-,15+/m0/s1. The molecule has 188 valence electrons. The fourth-order valence-electron chi connectivity index (χ4n) is 4.53. The first-order valence-electron chi connectivity index (χ1n) is 11.0. The Kier molecular flexibility index (Phi) is 6.76. The van der Waals surface area contributed by atoms with Crippen LogP contribution in [0.25, 0.3) is 11.0 Å². The third-order valence-electron chi connectivity index (χ3n) is 6.15. The number of imidazole rings is 1. The number of hydrogen-bond acceptors (Lipinski definition) is 6. The van der Waals surface area contributed by atoms with Crippen LogP contribution in [0.2, 0.25) is 0 Å². The molecule has 0 saturated carbocycles. The van der Waals surface area contributed by atoms with E-state index in [1.165, 1.54) is 23.0 Å². The molecule has 0 unspecified atom stereocenters. The molecule has 1 fully saturated rings. The van der Waals surface area contributed by atoms with E-state index >= 15 is 0 Å². The molecule has 36 heavy (non-hydrogen) atoms. The van der Waals surface area contributed by atoms with Gasteiger partial charge in [0.25, 0.3) is 5.91 Å². The van der Waals surface area contributed by atoms with E-state index in [1.807, 2.05) is 0 Å². The predicted octanol–water partition coefficient (Wildman–Crippen LogP) is 1.56. The molecule has 1 aromatic carbocycles. The van der Waals surface area contributed by atoms with Crippen molar-refractivity contribution in [3.05, 3.63) is 53.5 Å². The topological polar surface area (TPSA) is 120 Å². The number of carbonyl (C=O) groups is 2. The highest BCUT2D eigenvalue weighted by Gasteiger charge is 2.37. The number of halogens is 2. The Bertz CT molecular complexity index is 1430. The Balaban J connectivity index is 1.78. The fraction of sp³-hybridized carbons (Fsp3) is 0.333. The lowest BCUT2D eigenvalue weighted by Crippen LogP contribution is -2.37. The second-order valence-corrected chi connectivity index (χ2v) is 8.35. The summed E-state index contributed by atoms with van der Waals surface area (Å²) in [4.78, 5) is 30.4. The van der Waals surface area contributed by atoms with Gasteiger partial charge in [0.15, 0.2) is 17.3 Å². The molecule has 2 atom stereocenters. The molecule has 12 heteroatoms. The van der Waals surface area contributed by atoms with E-state index in [-0.39, 0.29) is 52.4 Å². The monoisotopic (exact) mass is 497 g/mol. The van der Waals surface area contributed by atoms with Gasteiger partial charge in [-0.25, -0.2) is 18.4 Å². The van der Waals surface area contributed by atoms with Crippen molar-refractivity contribution in [1.29, 1.82) is 0 Å². The lowest BCUT2D eigenvalue weighted by Gasteiger charge is -2.22. The first-order chi connectivity index (χ1) is 17.2. The van der Waals surface area contributed by atoms with Gasteiger partial charge in [0.05, 0.1) is 36.1 Å². The summed E-state index contributed by atoms with van der Waals surface area (Å²) >= 11 is 0. The van der Waals surface area contributed by atoms with Gasteiger partial charge in [0.1, 0.15) is 16.9 Å². The number of methoxy groups -OCH3 is 1. The first kappa shape index (κ1) is 24.9. The number of nitrogens with zero attached hydrogens (tertiary/aromatic N) is 5. The zero-order valence-corrected chi connectivity index (χ0v) is 20.0. The molecule has 2 aromatic heterocycles. The number of rotatable bonds is 6. The van der Waals surface area contributed by atoms with Gasteiger partial charge in [-0.05, 0) is 24.5 Å². The van der Waals surface area contributed by atoms with Gasteiger partial charge in [-0.1, -0.05) is 12.5 Å². The van der Waals surface area contributed by atoms with Gasteiger partial charge in [-0.3, -0.25) is 9.59 Å². The molecule has 3 aromatic rings. The quantitative estimate of drug-likeness (QED) is 0.394. The number of primary amides is 1. The fourth-order valence-corrected chi connectivity index (χ4v) is 4.53. The molecular formula is C24H25F2N7O3. The zero-order valence-electron chi connectivity index (χ0n) is 20.0. The zero-order chi connectivity index (χ0) is 26.1. The van der Waals surface area contributed by atoms with Gasteiger partial charge >= 0.3 is 0 Å². The highest BCUT2D eigenvalue weighted by atomic mass is 19.2. The van der Waals surface area contributed by atoms with Crippen molar-refractivity contribution in [1.82, 2.24) is 24.2 Å². The Morgan fingerprint density at radius 3 is 2.75 bits per heavy atom. The van der Waals surface area contributed by atoms with Crippen molar-refractivity contribution in [2.24, 2.45) is 12.8 Å². The Hall–Kier alpha value is -4.24. The number of amides is 2. The summed E-state index contributed by atoms with van der Waals surface area (Å²) in [5, 5.41) is 7.39. The molecule has 1 aliphatic heterocycles. The molecule has 0 radical (unpaired) electrons. The first-order valence-corrected chi connectivity index (χ1v) is 11.0. The summed E-state index contributed by atoms with van der Waals surface area (Å²) in [6.45, 7) is 4.15. The molecule has 4 rings (SSSR count). The Morgan fingerprint density at radius 2 is 2.11 bits per heavy atom. The molecule has 1 saturated heterocycles. The van der Waals surface area contributed by atoms with Gasteiger partial charge in [0.2, 0.25) is 5.91 Å². The number of carbonyl (C=O) groups excluding carboxylic acids is 2. The Morgan fingerprint density at radius 1 is 1.36 bits per heavy atom. The van der Waals surface area contributed by atoms with Crippen LogP contribution in [0.4, 0.5) is 14.6 Å². The second kappa shape index (κ2) is 9.79. The highest BCUT2D eigenvalue weighted by Crippen LogP contribution is 2.32. The van der Waals surface area contributed by atoms with E-state index in [0.29, 0.717) is 18.8 Å². The van der Waals surface area contributed by atoms with Crippen LogP contribution in [0.5, 0.6) is 0 Å². The summed E-state index contributed by atoms with van der Waals surface area (Å²) in [6.07, 6.45) is 3.09. The van der Waals surface area contributed by atoms with Gasteiger partial charge < -0.3 is 25.3 Å². The number of fused-ring (bicyclic) bond motifs is 1. The summed E-state index contributed by atoms with van der Waals surface area (Å²) < 4.78 is 37.5. The summed E-state index contributed by atoms with van der Waals surface area (Å²) in [6, 6.07) is 0.767. The number of ether oxygens (including phenoxy) is 1. The van der Waals surface area contributed by atoms with Crippen molar-refractivity contribution in [3.8, 4) is 11.8 Å². The van der Waals surface area contributed by atoms with Gasteiger partial charge in [-0.15, -0.1) is 0 Å². The van der Waals surface area contributed by atoms with Crippen molar-refractivity contribution in [2.75, 3.05) is 32.6 Å². The van der Waals surface area contributed by atoms with E-state index in [4.69, 9.17) is 10.5 Å². The largest absolute Gasteiger partial charge is 0.383 e. The second-order valence-electron chi connectivity index (χ2n) is 8.35. The SMILES string of the molecule is C=CC(=O)N1C[C@@H](n2nc(C#Cc3cc4ncn(C)c4c(F)c3F)c(C(N)=O)c2NC)C[C@@H]1COC. The number of hydrogen-bond donors (Lipinski definition) is 2. The lowest BCUT2D eigenvalue weighted by atomic mass is 10.1. The van der Waals surface area contributed by atoms with Crippen LogP contribution in [-0.4, -0.2) is 69.4 Å². The molecule has 1 aliphatic rings. The van der Waals surface area contributed by atoms with Crippen LogP contribution in [0, 0.1) is 23.5 Å². The maximum Gasteiger partial charge on any atom is 0.255 e. The molecule has 3 N–H and O–H groups in total. The average Bonchev–Trinajstić information content (AvgIpc) is 3.55. The van der Waals surface area contributed by atoms with E-state index in [1.54, 1.807) is 30.8 Å². The minimum absolute atomic E-state index is 0.00147. The van der Waals surface area contributed by atoms with Crippen LogP contribution < -0.4 is 11.1 Å². The normalized spacial score (nSPS) is 17.2. The molecule has 10 nitrogen and oxygen atoms in total. The van der Waals surface area contributed by atoms with Gasteiger partial charge in [0, 0.05) is 27.7 Å². The van der Waals surface area contributed by atoms with Crippen molar-refractivity contribution >= 4 is 28.7 Å². The van der Waals surface area contributed by atoms with Crippen LogP contribution in [-0.2, 0) is 16.6 Å². The minimum atomic E-state index is -1.13. The van der Waals surface area contributed by atoms with Crippen LogP contribution >= 0.6 is 0 Å². The van der Waals surface area contributed by atoms with E-state index in [9.17, 15) is 18.4 Å². The van der Waals surface area contributed by atoms with Crippen LogP contribution in [0.15, 0.2) is 25.0 Å². The maximum absolute atomic E-state index is 14.7. The molecule has 0 aliphatic carbocycles. The number of nitrogens with two attached hydrogens (primary N) is 1. The molecule has 0 spiro atoms.